The molecule has 0 spiro atoms. The zero-order valence-corrected chi connectivity index (χ0v) is 19.3. The second kappa shape index (κ2) is 10.8. The second-order valence-electron chi connectivity index (χ2n) is 8.26. The summed E-state index contributed by atoms with van der Waals surface area (Å²) in [6.07, 6.45) is 6.06. The minimum absolute atomic E-state index is 0.176. The van der Waals surface area contributed by atoms with E-state index in [0.717, 1.165) is 31.6 Å². The molecule has 0 aliphatic carbocycles. The van der Waals surface area contributed by atoms with E-state index < -0.39 is 10.0 Å². The highest BCUT2D eigenvalue weighted by Gasteiger charge is 2.18. The van der Waals surface area contributed by atoms with Crippen LogP contribution in [0.25, 0.3) is 0 Å². The van der Waals surface area contributed by atoms with Gasteiger partial charge in [-0.3, -0.25) is 9.52 Å². The summed E-state index contributed by atoms with van der Waals surface area (Å²) in [6.45, 7) is 7.57. The number of hydrogen-bond acceptors (Lipinski definition) is 4. The standard InChI is InChI=1S/C24H33N3O3S/c1-19-11-13-21(14-12-19)31(29,30)26-23-10-7-9-22(20(23)2)24(28)25-15-8-18-27-16-5-3-4-6-17-27/h7,9-14,26H,3-6,8,15-18H2,1-2H3,(H,25,28). The molecule has 1 saturated heterocycles. The molecule has 2 aromatic carbocycles. The maximum absolute atomic E-state index is 12.7. The van der Waals surface area contributed by atoms with Crippen molar-refractivity contribution < 1.29 is 13.2 Å². The molecule has 0 saturated carbocycles. The number of likely N-dealkylation sites (tertiary alicyclic amines) is 1. The highest BCUT2D eigenvalue weighted by molar-refractivity contribution is 7.92. The minimum atomic E-state index is -3.72. The van der Waals surface area contributed by atoms with Gasteiger partial charge in [-0.15, -0.1) is 0 Å². The first-order valence-corrected chi connectivity index (χ1v) is 12.5. The van der Waals surface area contributed by atoms with E-state index in [-0.39, 0.29) is 10.8 Å². The molecule has 0 aromatic heterocycles. The van der Waals surface area contributed by atoms with Crippen molar-refractivity contribution in [1.29, 1.82) is 0 Å². The van der Waals surface area contributed by atoms with Crippen LogP contribution in [0.5, 0.6) is 0 Å². The summed E-state index contributed by atoms with van der Waals surface area (Å²) in [5.41, 5.74) is 2.50. The fourth-order valence-corrected chi connectivity index (χ4v) is 5.00. The van der Waals surface area contributed by atoms with Crippen LogP contribution < -0.4 is 10.0 Å². The van der Waals surface area contributed by atoms with Crippen LogP contribution in [0.3, 0.4) is 0 Å². The molecule has 0 atom stereocenters. The molecule has 1 fully saturated rings. The number of rotatable bonds is 8. The second-order valence-corrected chi connectivity index (χ2v) is 9.94. The van der Waals surface area contributed by atoms with Crippen molar-refractivity contribution in [2.45, 2.75) is 50.8 Å². The van der Waals surface area contributed by atoms with Crippen LogP contribution in [0.15, 0.2) is 47.4 Å². The topological polar surface area (TPSA) is 78.5 Å². The Hall–Kier alpha value is -2.38. The maximum Gasteiger partial charge on any atom is 0.261 e. The van der Waals surface area contributed by atoms with Crippen molar-refractivity contribution in [3.8, 4) is 0 Å². The molecule has 7 heteroatoms. The Morgan fingerprint density at radius 1 is 0.968 bits per heavy atom. The van der Waals surface area contributed by atoms with Gasteiger partial charge in [-0.05, 0) is 82.6 Å². The van der Waals surface area contributed by atoms with Gasteiger partial charge in [0.15, 0.2) is 0 Å². The molecule has 0 unspecified atom stereocenters. The lowest BCUT2D eigenvalue weighted by molar-refractivity contribution is 0.0951. The van der Waals surface area contributed by atoms with Gasteiger partial charge in [0.1, 0.15) is 0 Å². The van der Waals surface area contributed by atoms with E-state index in [1.54, 1.807) is 49.4 Å². The van der Waals surface area contributed by atoms with Crippen molar-refractivity contribution in [3.05, 3.63) is 59.2 Å². The van der Waals surface area contributed by atoms with Crippen LogP contribution in [0.4, 0.5) is 5.69 Å². The van der Waals surface area contributed by atoms with Crippen LogP contribution in [-0.2, 0) is 10.0 Å². The average molecular weight is 444 g/mol. The molecule has 6 nitrogen and oxygen atoms in total. The minimum Gasteiger partial charge on any atom is -0.352 e. The third kappa shape index (κ3) is 6.55. The molecule has 1 aliphatic rings. The fraction of sp³-hybridized carbons (Fsp3) is 0.458. The SMILES string of the molecule is Cc1ccc(S(=O)(=O)Nc2cccc(C(=O)NCCCN3CCCCCC3)c2C)cc1. The van der Waals surface area contributed by atoms with E-state index in [4.69, 9.17) is 0 Å². The van der Waals surface area contributed by atoms with Crippen LogP contribution >= 0.6 is 0 Å². The average Bonchev–Trinajstić information content (AvgIpc) is 3.01. The number of anilines is 1. The Kier molecular flexibility index (Phi) is 8.09. The molecular weight excluding hydrogens is 410 g/mol. The van der Waals surface area contributed by atoms with E-state index >= 15 is 0 Å². The Morgan fingerprint density at radius 2 is 1.65 bits per heavy atom. The predicted molar refractivity (Wildman–Crippen MR) is 125 cm³/mol. The van der Waals surface area contributed by atoms with Gasteiger partial charge in [0.2, 0.25) is 0 Å². The van der Waals surface area contributed by atoms with E-state index in [9.17, 15) is 13.2 Å². The first kappa shape index (κ1) is 23.3. The van der Waals surface area contributed by atoms with E-state index in [1.807, 2.05) is 6.92 Å². The molecule has 2 N–H and O–H groups in total. The van der Waals surface area contributed by atoms with Crippen molar-refractivity contribution in [2.24, 2.45) is 0 Å². The third-order valence-corrected chi connectivity index (χ3v) is 7.17. The lowest BCUT2D eigenvalue weighted by Crippen LogP contribution is -2.31. The number of sulfonamides is 1. The molecule has 1 amide bonds. The smallest absolute Gasteiger partial charge is 0.261 e. The Bertz CT molecular complexity index is 980. The van der Waals surface area contributed by atoms with E-state index in [0.29, 0.717) is 23.4 Å². The largest absolute Gasteiger partial charge is 0.352 e. The van der Waals surface area contributed by atoms with Gasteiger partial charge in [0, 0.05) is 12.1 Å². The first-order valence-electron chi connectivity index (χ1n) is 11.1. The molecule has 0 bridgehead atoms. The third-order valence-electron chi connectivity index (χ3n) is 5.79. The van der Waals surface area contributed by atoms with Crippen molar-refractivity contribution >= 4 is 21.6 Å². The highest BCUT2D eigenvalue weighted by Crippen LogP contribution is 2.23. The molecule has 2 aromatic rings. The van der Waals surface area contributed by atoms with Gasteiger partial charge < -0.3 is 10.2 Å². The summed E-state index contributed by atoms with van der Waals surface area (Å²) in [7, 11) is -3.72. The van der Waals surface area contributed by atoms with Crippen molar-refractivity contribution in [2.75, 3.05) is 30.9 Å². The molecule has 3 rings (SSSR count). The van der Waals surface area contributed by atoms with E-state index in [2.05, 4.69) is 14.9 Å². The number of nitrogens with zero attached hydrogens (tertiary/aromatic N) is 1. The monoisotopic (exact) mass is 443 g/mol. The van der Waals surface area contributed by atoms with Gasteiger partial charge in [0.05, 0.1) is 10.6 Å². The summed E-state index contributed by atoms with van der Waals surface area (Å²) in [4.78, 5) is 15.4. The van der Waals surface area contributed by atoms with Crippen molar-refractivity contribution in [3.63, 3.8) is 0 Å². The summed E-state index contributed by atoms with van der Waals surface area (Å²) in [5.74, 6) is -0.176. The fourth-order valence-electron chi connectivity index (χ4n) is 3.87. The number of aryl methyl sites for hydroxylation is 1. The summed E-state index contributed by atoms with van der Waals surface area (Å²) < 4.78 is 28.1. The first-order chi connectivity index (χ1) is 14.9. The lowest BCUT2D eigenvalue weighted by Gasteiger charge is -2.19. The molecule has 31 heavy (non-hydrogen) atoms. The van der Waals surface area contributed by atoms with Gasteiger partial charge in [-0.25, -0.2) is 8.42 Å². The predicted octanol–water partition coefficient (Wildman–Crippen LogP) is 4.10. The van der Waals surface area contributed by atoms with Crippen LogP contribution in [0.2, 0.25) is 0 Å². The Labute approximate surface area is 186 Å². The Balaban J connectivity index is 1.59. The summed E-state index contributed by atoms with van der Waals surface area (Å²) >= 11 is 0. The Morgan fingerprint density at radius 3 is 2.32 bits per heavy atom. The summed E-state index contributed by atoms with van der Waals surface area (Å²) in [6, 6.07) is 11.8. The molecule has 0 radical (unpaired) electrons. The number of amides is 1. The van der Waals surface area contributed by atoms with Crippen LogP contribution in [0, 0.1) is 13.8 Å². The highest BCUT2D eigenvalue weighted by atomic mass is 32.2. The zero-order valence-electron chi connectivity index (χ0n) is 18.5. The quantitative estimate of drug-likeness (QED) is 0.602. The van der Waals surface area contributed by atoms with Gasteiger partial charge in [0.25, 0.3) is 15.9 Å². The normalized spacial score (nSPS) is 15.3. The van der Waals surface area contributed by atoms with Gasteiger partial charge in [-0.2, -0.15) is 0 Å². The molecule has 168 valence electrons. The van der Waals surface area contributed by atoms with Gasteiger partial charge >= 0.3 is 0 Å². The summed E-state index contributed by atoms with van der Waals surface area (Å²) in [5, 5.41) is 2.98. The van der Waals surface area contributed by atoms with Crippen LogP contribution in [-0.4, -0.2) is 45.4 Å². The number of hydrogen-bond donors (Lipinski definition) is 2. The number of carbonyl (C=O) groups excluding carboxylic acids is 1. The lowest BCUT2D eigenvalue weighted by atomic mass is 10.1. The molecule has 1 heterocycles. The molecular formula is C24H33N3O3S. The zero-order chi connectivity index (χ0) is 22.3. The molecule has 1 aliphatic heterocycles. The van der Waals surface area contributed by atoms with Crippen LogP contribution in [0.1, 0.15) is 53.6 Å². The van der Waals surface area contributed by atoms with E-state index in [1.165, 1.54) is 25.7 Å². The number of nitrogens with one attached hydrogen (secondary N) is 2. The van der Waals surface area contributed by atoms with Crippen molar-refractivity contribution in [1.82, 2.24) is 10.2 Å². The number of carbonyl (C=O) groups is 1. The maximum atomic E-state index is 12.7. The number of benzene rings is 2. The van der Waals surface area contributed by atoms with Gasteiger partial charge in [-0.1, -0.05) is 36.6 Å².